The summed E-state index contributed by atoms with van der Waals surface area (Å²) in [7, 11) is 0. The second kappa shape index (κ2) is 5.82. The lowest BCUT2D eigenvalue weighted by Crippen LogP contribution is -2.38. The number of aromatic nitrogens is 1. The Morgan fingerprint density at radius 1 is 1.42 bits per heavy atom. The number of nitrogens with zero attached hydrogens (tertiary/aromatic N) is 2. The summed E-state index contributed by atoms with van der Waals surface area (Å²) >= 11 is 0. The minimum Gasteiger partial charge on any atom is -0.481 e. The second-order valence-corrected chi connectivity index (χ2v) is 5.02. The van der Waals surface area contributed by atoms with E-state index in [1.807, 2.05) is 6.92 Å². The summed E-state index contributed by atoms with van der Waals surface area (Å²) < 4.78 is 0. The van der Waals surface area contributed by atoms with Gasteiger partial charge in [0.2, 0.25) is 0 Å². The van der Waals surface area contributed by atoms with Crippen LogP contribution in [0, 0.1) is 12.8 Å². The van der Waals surface area contributed by atoms with Crippen LogP contribution in [0.1, 0.15) is 35.3 Å². The molecule has 1 aliphatic rings. The van der Waals surface area contributed by atoms with Gasteiger partial charge in [-0.25, -0.2) is 0 Å². The molecular formula is C14H18N2O3. The van der Waals surface area contributed by atoms with Gasteiger partial charge in [-0.2, -0.15) is 0 Å². The van der Waals surface area contributed by atoms with Gasteiger partial charge in [0.25, 0.3) is 5.91 Å². The largest absolute Gasteiger partial charge is 0.481 e. The molecule has 0 saturated carbocycles. The lowest BCUT2D eigenvalue weighted by Gasteiger charge is -2.31. The van der Waals surface area contributed by atoms with Crippen molar-refractivity contribution in [2.75, 3.05) is 13.1 Å². The summed E-state index contributed by atoms with van der Waals surface area (Å²) in [5.74, 6) is -0.547. The quantitative estimate of drug-likeness (QED) is 0.900. The maximum absolute atomic E-state index is 12.3. The summed E-state index contributed by atoms with van der Waals surface area (Å²) in [6, 6.07) is 3.50. The molecule has 1 aliphatic heterocycles. The number of aliphatic carboxylic acids is 1. The molecule has 0 radical (unpaired) electrons. The van der Waals surface area contributed by atoms with Crippen molar-refractivity contribution in [2.24, 2.45) is 5.92 Å². The Labute approximate surface area is 112 Å². The van der Waals surface area contributed by atoms with E-state index < -0.39 is 5.97 Å². The number of carboxylic acid groups (broad SMARTS) is 1. The number of amides is 1. The van der Waals surface area contributed by atoms with Gasteiger partial charge in [0, 0.05) is 37.0 Å². The van der Waals surface area contributed by atoms with Crippen LogP contribution < -0.4 is 0 Å². The molecule has 1 aromatic heterocycles. The van der Waals surface area contributed by atoms with Crippen LogP contribution in [0.5, 0.6) is 0 Å². The van der Waals surface area contributed by atoms with Crippen LogP contribution in [0.4, 0.5) is 0 Å². The molecule has 0 atom stereocenters. The van der Waals surface area contributed by atoms with Crippen molar-refractivity contribution in [3.8, 4) is 0 Å². The molecule has 0 aliphatic carbocycles. The fourth-order valence-electron chi connectivity index (χ4n) is 2.45. The van der Waals surface area contributed by atoms with Gasteiger partial charge in [0.05, 0.1) is 0 Å². The summed E-state index contributed by atoms with van der Waals surface area (Å²) in [6.45, 7) is 3.13. The predicted octanol–water partition coefficient (Wildman–Crippen LogP) is 1.72. The smallest absolute Gasteiger partial charge is 0.303 e. The average molecular weight is 262 g/mol. The van der Waals surface area contributed by atoms with E-state index in [1.165, 1.54) is 0 Å². The molecule has 0 aromatic carbocycles. The number of piperidine rings is 1. The Balaban J connectivity index is 1.94. The molecule has 0 bridgehead atoms. The monoisotopic (exact) mass is 262 g/mol. The normalized spacial score (nSPS) is 16.4. The van der Waals surface area contributed by atoms with Crippen molar-refractivity contribution in [3.63, 3.8) is 0 Å². The molecule has 0 unspecified atom stereocenters. The third-order valence-electron chi connectivity index (χ3n) is 3.51. The van der Waals surface area contributed by atoms with E-state index in [0.29, 0.717) is 18.7 Å². The lowest BCUT2D eigenvalue weighted by atomic mass is 9.93. The fraction of sp³-hybridized carbons (Fsp3) is 0.500. The highest BCUT2D eigenvalue weighted by molar-refractivity contribution is 5.94. The Morgan fingerprint density at radius 2 is 2.11 bits per heavy atom. The molecule has 5 nitrogen and oxygen atoms in total. The summed E-state index contributed by atoms with van der Waals surface area (Å²) in [5.41, 5.74) is 1.48. The van der Waals surface area contributed by atoms with Crippen LogP contribution in [0.2, 0.25) is 0 Å². The van der Waals surface area contributed by atoms with E-state index in [9.17, 15) is 9.59 Å². The van der Waals surface area contributed by atoms with Gasteiger partial charge in [0.1, 0.15) is 0 Å². The maximum atomic E-state index is 12.3. The van der Waals surface area contributed by atoms with E-state index in [-0.39, 0.29) is 18.2 Å². The van der Waals surface area contributed by atoms with Crippen LogP contribution in [-0.2, 0) is 4.79 Å². The Hall–Kier alpha value is -1.91. The molecule has 1 saturated heterocycles. The van der Waals surface area contributed by atoms with Gasteiger partial charge < -0.3 is 10.0 Å². The minimum absolute atomic E-state index is 0.0132. The zero-order chi connectivity index (χ0) is 13.8. The van der Waals surface area contributed by atoms with E-state index in [4.69, 9.17) is 5.11 Å². The van der Waals surface area contributed by atoms with Crippen LogP contribution in [0.15, 0.2) is 18.3 Å². The molecule has 1 aromatic rings. The molecule has 1 amide bonds. The van der Waals surface area contributed by atoms with Crippen molar-refractivity contribution in [3.05, 3.63) is 29.6 Å². The van der Waals surface area contributed by atoms with E-state index in [1.54, 1.807) is 23.2 Å². The number of hydrogen-bond acceptors (Lipinski definition) is 3. The van der Waals surface area contributed by atoms with Gasteiger partial charge in [-0.05, 0) is 37.8 Å². The molecule has 2 heterocycles. The van der Waals surface area contributed by atoms with E-state index >= 15 is 0 Å². The number of carbonyl (C=O) groups excluding carboxylic acids is 1. The highest BCUT2D eigenvalue weighted by atomic mass is 16.4. The molecule has 2 rings (SSSR count). The van der Waals surface area contributed by atoms with E-state index in [2.05, 4.69) is 4.98 Å². The Morgan fingerprint density at radius 3 is 2.68 bits per heavy atom. The first-order valence-corrected chi connectivity index (χ1v) is 6.50. The number of pyridine rings is 1. The number of carbonyl (C=O) groups is 2. The summed E-state index contributed by atoms with van der Waals surface area (Å²) in [6.07, 6.45) is 3.38. The van der Waals surface area contributed by atoms with Crippen molar-refractivity contribution < 1.29 is 14.7 Å². The minimum atomic E-state index is -0.755. The highest BCUT2D eigenvalue weighted by Gasteiger charge is 2.24. The topological polar surface area (TPSA) is 70.5 Å². The van der Waals surface area contributed by atoms with Crippen molar-refractivity contribution >= 4 is 11.9 Å². The third-order valence-corrected chi connectivity index (χ3v) is 3.51. The van der Waals surface area contributed by atoms with Gasteiger partial charge in [-0.3, -0.25) is 14.6 Å². The number of carboxylic acids is 1. The summed E-state index contributed by atoms with van der Waals surface area (Å²) in [5, 5.41) is 8.76. The highest BCUT2D eigenvalue weighted by Crippen LogP contribution is 2.21. The van der Waals surface area contributed by atoms with Crippen molar-refractivity contribution in [1.29, 1.82) is 0 Å². The van der Waals surface area contributed by atoms with Crippen LogP contribution in [-0.4, -0.2) is 40.0 Å². The number of likely N-dealkylation sites (tertiary alicyclic amines) is 1. The first-order chi connectivity index (χ1) is 9.06. The maximum Gasteiger partial charge on any atom is 0.303 e. The average Bonchev–Trinajstić information content (AvgIpc) is 2.38. The number of aryl methyl sites for hydroxylation is 1. The van der Waals surface area contributed by atoms with Gasteiger partial charge in [0.15, 0.2) is 0 Å². The standard InChI is InChI=1S/C14H18N2O3/c1-10-8-12(2-5-15-10)14(19)16-6-3-11(4-7-16)9-13(17)18/h2,5,8,11H,3-4,6-7,9H2,1H3,(H,17,18). The SMILES string of the molecule is Cc1cc(C(=O)N2CCC(CC(=O)O)CC2)ccn1. The second-order valence-electron chi connectivity index (χ2n) is 5.02. The van der Waals surface area contributed by atoms with Gasteiger partial charge >= 0.3 is 5.97 Å². The number of hydrogen-bond donors (Lipinski definition) is 1. The number of rotatable bonds is 3. The third kappa shape index (κ3) is 3.53. The molecular weight excluding hydrogens is 244 g/mol. The first-order valence-electron chi connectivity index (χ1n) is 6.50. The van der Waals surface area contributed by atoms with Crippen LogP contribution >= 0.6 is 0 Å². The molecule has 1 N–H and O–H groups in total. The van der Waals surface area contributed by atoms with Gasteiger partial charge in [-0.15, -0.1) is 0 Å². The van der Waals surface area contributed by atoms with Crippen LogP contribution in [0.25, 0.3) is 0 Å². The van der Waals surface area contributed by atoms with Crippen molar-refractivity contribution in [1.82, 2.24) is 9.88 Å². The first kappa shape index (κ1) is 13.5. The van der Waals surface area contributed by atoms with E-state index in [0.717, 1.165) is 18.5 Å². The predicted molar refractivity (Wildman–Crippen MR) is 69.9 cm³/mol. The Bertz CT molecular complexity index is 479. The lowest BCUT2D eigenvalue weighted by molar-refractivity contribution is -0.138. The zero-order valence-corrected chi connectivity index (χ0v) is 11.0. The van der Waals surface area contributed by atoms with Crippen molar-refractivity contribution in [2.45, 2.75) is 26.2 Å². The molecule has 0 spiro atoms. The zero-order valence-electron chi connectivity index (χ0n) is 11.0. The summed E-state index contributed by atoms with van der Waals surface area (Å²) in [4.78, 5) is 28.8. The molecule has 19 heavy (non-hydrogen) atoms. The molecule has 5 heteroatoms. The fourth-order valence-corrected chi connectivity index (χ4v) is 2.45. The molecule has 1 fully saturated rings. The molecule has 102 valence electrons. The van der Waals surface area contributed by atoms with Crippen LogP contribution in [0.3, 0.4) is 0 Å². The van der Waals surface area contributed by atoms with Gasteiger partial charge in [-0.1, -0.05) is 0 Å². The Kier molecular flexibility index (Phi) is 4.14.